The molecule has 0 aliphatic heterocycles. The van der Waals surface area contributed by atoms with Gasteiger partial charge in [-0.05, 0) is 70.6 Å². The van der Waals surface area contributed by atoms with Crippen LogP contribution in [0.1, 0.15) is 155 Å². The molecular weight excluding hydrogens is 663 g/mol. The molecule has 0 aliphatic rings. The van der Waals surface area contributed by atoms with Gasteiger partial charge in [0.25, 0.3) is 0 Å². The molecule has 0 heterocycles. The summed E-state index contributed by atoms with van der Waals surface area (Å²) in [4.78, 5) is 22.7. The third-order valence-electron chi connectivity index (χ3n) is 8.38. The third kappa shape index (κ3) is 35.0. The second-order valence-electron chi connectivity index (χ2n) is 13.3. The molecule has 51 heavy (non-hydrogen) atoms. The van der Waals surface area contributed by atoms with Gasteiger partial charge in [0.15, 0.2) is 0 Å². The van der Waals surface area contributed by atoms with E-state index < -0.39 is 38.6 Å². The van der Waals surface area contributed by atoms with Gasteiger partial charge in [-0.25, -0.2) is 4.57 Å². The molecular formula is C41H75N2O7P. The Morgan fingerprint density at radius 1 is 0.686 bits per heavy atom. The van der Waals surface area contributed by atoms with Crippen LogP contribution in [0.25, 0.3) is 0 Å². The van der Waals surface area contributed by atoms with E-state index in [1.807, 2.05) is 6.08 Å². The fourth-order valence-corrected chi connectivity index (χ4v) is 6.07. The number of unbranched alkanes of at least 4 members (excludes halogenated alkanes) is 15. The average molecular weight is 739 g/mol. The highest BCUT2D eigenvalue weighted by atomic mass is 31.2. The van der Waals surface area contributed by atoms with Crippen molar-refractivity contribution in [2.24, 2.45) is 5.73 Å². The maximum atomic E-state index is 12.8. The van der Waals surface area contributed by atoms with E-state index in [1.165, 1.54) is 57.8 Å². The van der Waals surface area contributed by atoms with Crippen LogP contribution in [0.4, 0.5) is 0 Å². The Bertz CT molecular complexity index is 999. The number of rotatable bonds is 36. The molecule has 6 N–H and O–H groups in total. The molecule has 0 aromatic carbocycles. The smallest absolute Gasteiger partial charge is 0.393 e. The van der Waals surface area contributed by atoms with E-state index in [1.54, 1.807) is 6.08 Å². The molecule has 296 valence electrons. The maximum Gasteiger partial charge on any atom is 0.472 e. The molecule has 10 heteroatoms. The summed E-state index contributed by atoms with van der Waals surface area (Å²) in [5, 5.41) is 23.9. The monoisotopic (exact) mass is 739 g/mol. The van der Waals surface area contributed by atoms with Gasteiger partial charge < -0.3 is 26.2 Å². The lowest BCUT2D eigenvalue weighted by Gasteiger charge is -2.24. The van der Waals surface area contributed by atoms with Crippen molar-refractivity contribution in [1.82, 2.24) is 5.32 Å². The Balaban J connectivity index is 4.53. The van der Waals surface area contributed by atoms with E-state index in [4.69, 9.17) is 14.8 Å². The molecule has 0 saturated carbocycles. The van der Waals surface area contributed by atoms with Gasteiger partial charge in [-0.2, -0.15) is 0 Å². The number of aliphatic hydroxyl groups is 2. The molecule has 1 amide bonds. The summed E-state index contributed by atoms with van der Waals surface area (Å²) in [6.45, 7) is 3.86. The number of allylic oxidation sites excluding steroid dienone is 9. The lowest BCUT2D eigenvalue weighted by molar-refractivity contribution is -0.124. The van der Waals surface area contributed by atoms with E-state index in [0.29, 0.717) is 12.8 Å². The van der Waals surface area contributed by atoms with Gasteiger partial charge in [0.05, 0.1) is 37.9 Å². The Morgan fingerprint density at radius 2 is 1.18 bits per heavy atom. The zero-order chi connectivity index (χ0) is 37.7. The zero-order valence-corrected chi connectivity index (χ0v) is 33.1. The highest BCUT2D eigenvalue weighted by Crippen LogP contribution is 2.43. The summed E-state index contributed by atoms with van der Waals surface area (Å²) in [5.74, 6) is -0.476. The molecule has 0 aromatic rings. The van der Waals surface area contributed by atoms with Crippen LogP contribution in [0.2, 0.25) is 0 Å². The molecule has 0 fully saturated rings. The molecule has 9 nitrogen and oxygen atoms in total. The number of nitrogens with two attached hydrogens (primary N) is 1. The standard InChI is InChI=1S/C41H75N2O7P/c1-3-5-7-9-11-13-15-17-18-19-21-23-25-27-29-31-33-40(45)39(37-50-51(47,48)49-35-34-42)43-41(46)36-38(44)32-30-28-26-24-22-20-16-14-12-10-8-6-4-2/h12,14,16-18,20,23,25,31,33,38-40,44-45H,3-11,13,15,19,21-22,24,26-30,32,34-37,42H2,1-2H3,(H,43,46)(H,47,48)/b14-12-,18-17+,20-16-,25-23+,33-31+. The summed E-state index contributed by atoms with van der Waals surface area (Å²) in [6.07, 6.45) is 41.6. The van der Waals surface area contributed by atoms with Crippen molar-refractivity contribution in [3.05, 3.63) is 60.8 Å². The predicted octanol–water partition coefficient (Wildman–Crippen LogP) is 9.69. The van der Waals surface area contributed by atoms with Crippen LogP contribution in [0.15, 0.2) is 60.8 Å². The minimum Gasteiger partial charge on any atom is -0.393 e. The topological polar surface area (TPSA) is 151 Å². The molecule has 0 aromatic heterocycles. The first-order valence-corrected chi connectivity index (χ1v) is 21.5. The molecule has 0 bridgehead atoms. The molecule has 0 spiro atoms. The Hall–Kier alpha value is -1.84. The van der Waals surface area contributed by atoms with Gasteiger partial charge in [-0.1, -0.05) is 139 Å². The minimum absolute atomic E-state index is 0.0373. The highest BCUT2D eigenvalue weighted by molar-refractivity contribution is 7.47. The second kappa shape index (κ2) is 36.5. The van der Waals surface area contributed by atoms with Crippen molar-refractivity contribution in [3.63, 3.8) is 0 Å². The molecule has 0 saturated heterocycles. The van der Waals surface area contributed by atoms with Gasteiger partial charge in [-0.15, -0.1) is 0 Å². The summed E-state index contributed by atoms with van der Waals surface area (Å²) in [5.41, 5.74) is 5.34. The first-order chi connectivity index (χ1) is 24.8. The number of aliphatic hydroxyl groups excluding tert-OH is 2. The van der Waals surface area contributed by atoms with Crippen LogP contribution in [-0.4, -0.2) is 59.0 Å². The van der Waals surface area contributed by atoms with Crippen LogP contribution in [0, 0.1) is 0 Å². The molecule has 0 aliphatic carbocycles. The van der Waals surface area contributed by atoms with Gasteiger partial charge in [0.2, 0.25) is 5.91 Å². The van der Waals surface area contributed by atoms with E-state index >= 15 is 0 Å². The van der Waals surface area contributed by atoms with Crippen molar-refractivity contribution in [3.8, 4) is 0 Å². The normalized spacial score (nSPS) is 15.5. The number of nitrogens with one attached hydrogen (secondary N) is 1. The lowest BCUT2D eigenvalue weighted by atomic mass is 10.0. The molecule has 0 rings (SSSR count). The number of amides is 1. The van der Waals surface area contributed by atoms with Gasteiger partial charge >= 0.3 is 7.82 Å². The number of hydrogen-bond donors (Lipinski definition) is 5. The van der Waals surface area contributed by atoms with E-state index in [9.17, 15) is 24.5 Å². The van der Waals surface area contributed by atoms with Gasteiger partial charge in [0, 0.05) is 6.54 Å². The number of carbonyl (C=O) groups is 1. The van der Waals surface area contributed by atoms with Crippen LogP contribution in [0.5, 0.6) is 0 Å². The summed E-state index contributed by atoms with van der Waals surface area (Å²) >= 11 is 0. The molecule has 4 atom stereocenters. The van der Waals surface area contributed by atoms with Crippen molar-refractivity contribution in [2.75, 3.05) is 19.8 Å². The average Bonchev–Trinajstić information content (AvgIpc) is 3.10. The van der Waals surface area contributed by atoms with E-state index in [2.05, 4.69) is 67.8 Å². The number of carbonyl (C=O) groups excluding carboxylic acids is 1. The maximum absolute atomic E-state index is 12.8. The van der Waals surface area contributed by atoms with E-state index in [0.717, 1.165) is 64.2 Å². The first-order valence-electron chi connectivity index (χ1n) is 20.0. The van der Waals surface area contributed by atoms with E-state index in [-0.39, 0.29) is 19.6 Å². The number of hydrogen-bond acceptors (Lipinski definition) is 7. The first kappa shape index (κ1) is 49.2. The largest absolute Gasteiger partial charge is 0.472 e. The second-order valence-corrected chi connectivity index (χ2v) is 14.8. The number of phosphoric ester groups is 1. The zero-order valence-electron chi connectivity index (χ0n) is 32.2. The van der Waals surface area contributed by atoms with Crippen LogP contribution in [-0.2, 0) is 18.4 Å². The predicted molar refractivity (Wildman–Crippen MR) is 213 cm³/mol. The van der Waals surface area contributed by atoms with Crippen molar-refractivity contribution in [2.45, 2.75) is 173 Å². The van der Waals surface area contributed by atoms with Crippen LogP contribution < -0.4 is 11.1 Å². The quantitative estimate of drug-likeness (QED) is 0.0185. The van der Waals surface area contributed by atoms with Gasteiger partial charge in [0.1, 0.15) is 0 Å². The highest BCUT2D eigenvalue weighted by Gasteiger charge is 2.27. The fourth-order valence-electron chi connectivity index (χ4n) is 5.31. The van der Waals surface area contributed by atoms with Gasteiger partial charge in [-0.3, -0.25) is 13.8 Å². The minimum atomic E-state index is -4.41. The van der Waals surface area contributed by atoms with Crippen molar-refractivity contribution < 1.29 is 33.5 Å². The van der Waals surface area contributed by atoms with Crippen molar-refractivity contribution in [1.29, 1.82) is 0 Å². The molecule has 4 unspecified atom stereocenters. The van der Waals surface area contributed by atoms with Crippen LogP contribution >= 0.6 is 7.82 Å². The summed E-state index contributed by atoms with van der Waals surface area (Å²) < 4.78 is 22.0. The molecule has 0 radical (unpaired) electrons. The Morgan fingerprint density at radius 3 is 1.78 bits per heavy atom. The Labute approximate surface area is 311 Å². The summed E-state index contributed by atoms with van der Waals surface area (Å²) in [6, 6.07) is -1.01. The van der Waals surface area contributed by atoms with Crippen molar-refractivity contribution >= 4 is 13.7 Å². The lowest BCUT2D eigenvalue weighted by Crippen LogP contribution is -2.46. The fraction of sp³-hybridized carbons (Fsp3) is 0.732. The van der Waals surface area contributed by atoms with Crippen LogP contribution in [0.3, 0.4) is 0 Å². The SMILES string of the molecule is CCCCC/C=C\C=C/CCCCCCC(O)CC(=O)NC(COP(=O)(O)OCCN)C(O)/C=C/CC/C=C/CC/C=C/CCCCCCCC. The Kier molecular flexibility index (Phi) is 35.2. The number of phosphoric acid groups is 1. The third-order valence-corrected chi connectivity index (χ3v) is 9.36. The summed E-state index contributed by atoms with van der Waals surface area (Å²) in [7, 11) is -4.41.